The third-order valence-electron chi connectivity index (χ3n) is 10.4. The molecule has 3 rings (SSSR count). The summed E-state index contributed by atoms with van der Waals surface area (Å²) in [4.78, 5) is 49.8. The monoisotopic (exact) mass is 737 g/mol. The molecule has 9 unspecified atom stereocenters. The molecule has 0 spiro atoms. The van der Waals surface area contributed by atoms with Crippen LogP contribution in [0.4, 0.5) is 4.79 Å². The number of esters is 3. The Morgan fingerprint density at radius 2 is 1.80 bits per heavy atom. The lowest BCUT2D eigenvalue weighted by atomic mass is 9.65. The van der Waals surface area contributed by atoms with E-state index in [0.717, 1.165) is 76.4 Å². The first-order valence-electron chi connectivity index (χ1n) is 19.2. The smallest absolute Gasteiger partial charge is 0.407 e. The van der Waals surface area contributed by atoms with E-state index in [0.29, 0.717) is 43.6 Å². The maximum Gasteiger partial charge on any atom is 0.407 e. The number of hydrogen-bond donors (Lipinski definition) is 3. The van der Waals surface area contributed by atoms with E-state index in [1.54, 1.807) is 0 Å². The van der Waals surface area contributed by atoms with Crippen molar-refractivity contribution in [3.8, 4) is 0 Å². The molecule has 1 N–H and O–H groups in total. The van der Waals surface area contributed by atoms with Crippen LogP contribution < -0.4 is 5.32 Å². The van der Waals surface area contributed by atoms with Gasteiger partial charge in [0.2, 0.25) is 0 Å². The molecular formula is C39H63NO8S2. The minimum atomic E-state index is -0.526. The quantitative estimate of drug-likeness (QED) is 0.0467. The molecule has 11 heteroatoms. The molecule has 2 aliphatic carbocycles. The maximum absolute atomic E-state index is 12.8. The molecule has 0 aromatic rings. The standard InChI is InChI=1S/C39H63NO8S2/c1-5-27(3)38(43)48-34-23-26(2)22-29-15-14-28(4)33(37(29)34)17-16-30-24-31(25-36(42)46-30)47-39(44)40-19-10-6-7-11-20-45-35(41)13-9-8-12-32(50)18-21-49/h14-15,22,26-28,30-34,37,49-50H,5-13,16-21,23-25H2,1-4H3,(H,40,44). The second-order valence-electron chi connectivity index (χ2n) is 14.7. The summed E-state index contributed by atoms with van der Waals surface area (Å²) in [6.45, 7) is 9.19. The largest absolute Gasteiger partial charge is 0.466 e. The second-order valence-corrected chi connectivity index (χ2v) is 15.9. The average Bonchev–Trinajstić information content (AvgIpc) is 3.07. The molecule has 1 aliphatic heterocycles. The van der Waals surface area contributed by atoms with E-state index in [9.17, 15) is 19.2 Å². The molecule has 0 aromatic carbocycles. The summed E-state index contributed by atoms with van der Waals surface area (Å²) in [5.74, 6) is 1.05. The number of fused-ring (bicyclic) bond motifs is 1. The van der Waals surface area contributed by atoms with Gasteiger partial charge in [0.1, 0.15) is 18.3 Å². The molecule has 50 heavy (non-hydrogen) atoms. The molecule has 284 valence electrons. The summed E-state index contributed by atoms with van der Waals surface area (Å²) < 4.78 is 22.8. The summed E-state index contributed by atoms with van der Waals surface area (Å²) in [6, 6.07) is 0. The number of ether oxygens (including phenoxy) is 4. The lowest BCUT2D eigenvalue weighted by Gasteiger charge is -2.43. The van der Waals surface area contributed by atoms with Crippen LogP contribution in [0.5, 0.6) is 0 Å². The fraction of sp³-hybridized carbons (Fsp3) is 0.795. The molecular weight excluding hydrogens is 675 g/mol. The fourth-order valence-electron chi connectivity index (χ4n) is 7.31. The van der Waals surface area contributed by atoms with Gasteiger partial charge in [0.25, 0.3) is 0 Å². The first kappa shape index (κ1) is 42.3. The van der Waals surface area contributed by atoms with Crippen molar-refractivity contribution < 1.29 is 38.1 Å². The Balaban J connectivity index is 1.33. The highest BCUT2D eigenvalue weighted by Crippen LogP contribution is 2.45. The molecule has 1 fully saturated rings. The van der Waals surface area contributed by atoms with Crippen LogP contribution in [0.1, 0.15) is 124 Å². The van der Waals surface area contributed by atoms with Gasteiger partial charge in [0, 0.05) is 30.6 Å². The summed E-state index contributed by atoms with van der Waals surface area (Å²) in [5.41, 5.74) is 1.24. The molecule has 0 aromatic heterocycles. The number of hydrogen-bond acceptors (Lipinski definition) is 10. The molecule has 1 amide bonds. The van der Waals surface area contributed by atoms with Gasteiger partial charge in [-0.05, 0) is 93.3 Å². The van der Waals surface area contributed by atoms with Crippen LogP contribution in [0.25, 0.3) is 0 Å². The number of thiol groups is 2. The number of carbonyl (C=O) groups is 4. The SMILES string of the molecule is CCC(C)C(=O)OC1CC(C)C=C2C=CC(C)C(CCC3CC(OC(=O)NCCCCCCOC(=O)CCCCC(S)CCS)CC(=O)O3)C21. The Morgan fingerprint density at radius 3 is 2.56 bits per heavy atom. The minimum Gasteiger partial charge on any atom is -0.466 e. The molecule has 0 bridgehead atoms. The predicted octanol–water partition coefficient (Wildman–Crippen LogP) is 8.21. The van der Waals surface area contributed by atoms with E-state index >= 15 is 0 Å². The lowest BCUT2D eigenvalue weighted by molar-refractivity contribution is -0.162. The average molecular weight is 738 g/mol. The van der Waals surface area contributed by atoms with Crippen molar-refractivity contribution in [2.75, 3.05) is 18.9 Å². The number of unbranched alkanes of at least 4 members (excludes halogenated alkanes) is 4. The third-order valence-corrected chi connectivity index (χ3v) is 11.2. The molecule has 0 saturated carbocycles. The van der Waals surface area contributed by atoms with Gasteiger partial charge in [-0.25, -0.2) is 4.79 Å². The van der Waals surface area contributed by atoms with Crippen LogP contribution in [0.3, 0.4) is 0 Å². The summed E-state index contributed by atoms with van der Waals surface area (Å²) in [7, 11) is 0. The first-order valence-corrected chi connectivity index (χ1v) is 20.3. The van der Waals surface area contributed by atoms with E-state index in [2.05, 4.69) is 62.6 Å². The number of nitrogens with one attached hydrogen (secondary N) is 1. The van der Waals surface area contributed by atoms with E-state index < -0.39 is 12.2 Å². The van der Waals surface area contributed by atoms with Gasteiger partial charge in [-0.3, -0.25) is 14.4 Å². The Kier molecular flexibility index (Phi) is 19.2. The van der Waals surface area contributed by atoms with Gasteiger partial charge in [-0.1, -0.05) is 58.8 Å². The van der Waals surface area contributed by atoms with Crippen LogP contribution in [0, 0.1) is 29.6 Å². The van der Waals surface area contributed by atoms with Crippen molar-refractivity contribution in [3.63, 3.8) is 0 Å². The van der Waals surface area contributed by atoms with E-state index in [-0.39, 0.29) is 60.2 Å². The number of allylic oxidation sites excluding steroid dienone is 3. The van der Waals surface area contributed by atoms with E-state index in [4.69, 9.17) is 18.9 Å². The van der Waals surface area contributed by atoms with Crippen molar-refractivity contribution in [1.29, 1.82) is 0 Å². The Hall–Kier alpha value is -2.14. The molecule has 1 heterocycles. The summed E-state index contributed by atoms with van der Waals surface area (Å²) >= 11 is 8.74. The normalized spacial score (nSPS) is 27.3. The Morgan fingerprint density at radius 1 is 1.02 bits per heavy atom. The van der Waals surface area contributed by atoms with Gasteiger partial charge in [-0.15, -0.1) is 0 Å². The predicted molar refractivity (Wildman–Crippen MR) is 202 cm³/mol. The van der Waals surface area contributed by atoms with Crippen LogP contribution >= 0.6 is 25.3 Å². The zero-order valence-electron chi connectivity index (χ0n) is 30.8. The number of cyclic esters (lactones) is 1. The number of alkyl carbamates (subject to hydrolysis) is 1. The topological polar surface area (TPSA) is 117 Å². The Bertz CT molecular complexity index is 1150. The highest BCUT2D eigenvalue weighted by molar-refractivity contribution is 7.81. The van der Waals surface area contributed by atoms with Crippen molar-refractivity contribution >= 4 is 49.3 Å². The van der Waals surface area contributed by atoms with Gasteiger partial charge < -0.3 is 24.3 Å². The zero-order valence-corrected chi connectivity index (χ0v) is 32.6. The fourth-order valence-corrected chi connectivity index (χ4v) is 8.13. The van der Waals surface area contributed by atoms with Crippen LogP contribution in [-0.4, -0.2) is 66.5 Å². The number of carbonyl (C=O) groups excluding carboxylic acids is 4. The number of rotatable bonds is 21. The number of amides is 1. The van der Waals surface area contributed by atoms with Gasteiger partial charge in [-0.2, -0.15) is 25.3 Å². The summed E-state index contributed by atoms with van der Waals surface area (Å²) in [5, 5.41) is 3.15. The van der Waals surface area contributed by atoms with Crippen LogP contribution in [0.2, 0.25) is 0 Å². The van der Waals surface area contributed by atoms with Crippen LogP contribution in [0.15, 0.2) is 23.8 Å². The molecule has 1 saturated heterocycles. The zero-order chi connectivity index (χ0) is 36.5. The maximum atomic E-state index is 12.8. The van der Waals surface area contributed by atoms with Gasteiger partial charge >= 0.3 is 24.0 Å². The Labute approximate surface area is 311 Å². The highest BCUT2D eigenvalue weighted by atomic mass is 32.1. The van der Waals surface area contributed by atoms with Crippen molar-refractivity contribution in [1.82, 2.24) is 5.32 Å². The van der Waals surface area contributed by atoms with E-state index in [1.807, 2.05) is 13.8 Å². The van der Waals surface area contributed by atoms with E-state index in [1.165, 1.54) is 5.57 Å². The molecule has 9 atom stereocenters. The van der Waals surface area contributed by atoms with Crippen molar-refractivity contribution in [2.45, 2.75) is 148 Å². The van der Waals surface area contributed by atoms with Crippen molar-refractivity contribution in [3.05, 3.63) is 23.8 Å². The third kappa shape index (κ3) is 14.8. The van der Waals surface area contributed by atoms with Gasteiger partial charge in [0.15, 0.2) is 0 Å². The first-order chi connectivity index (χ1) is 24.0. The molecule has 0 radical (unpaired) electrons. The lowest BCUT2D eigenvalue weighted by Crippen LogP contribution is -2.42. The minimum absolute atomic E-state index is 0.0536. The van der Waals surface area contributed by atoms with Crippen LogP contribution in [-0.2, 0) is 33.3 Å². The van der Waals surface area contributed by atoms with Gasteiger partial charge in [0.05, 0.1) is 18.9 Å². The second kappa shape index (κ2) is 22.7. The summed E-state index contributed by atoms with van der Waals surface area (Å²) in [6.07, 6.45) is 16.3. The highest BCUT2D eigenvalue weighted by Gasteiger charge is 2.42. The van der Waals surface area contributed by atoms with Crippen molar-refractivity contribution in [2.24, 2.45) is 29.6 Å². The molecule has 9 nitrogen and oxygen atoms in total. The molecule has 3 aliphatic rings.